The lowest BCUT2D eigenvalue weighted by atomic mass is 9.78. The standard InChI is InChI=1S/C46H41N3/c1-45(2)38-24-13-11-22-34(38)36-27-37-41(28-40(36)45)49(43-35-23-12-14-25-39(35)46(3,4)42(37)43)33-21-15-18-31(26-33)44(48-32-19-9-6-10-20-32)47-29-30-16-7-5-8-17-30/h5-12,14-19,21-23,25-28H,13,20,24,29H2,1-4H3/b47-44-,48-32-. The molecule has 1 heterocycles. The Morgan fingerprint density at radius 2 is 1.59 bits per heavy atom. The molecule has 0 fully saturated rings. The van der Waals surface area contributed by atoms with Crippen LogP contribution in [0.15, 0.2) is 143 Å². The van der Waals surface area contributed by atoms with Gasteiger partial charge in [0.1, 0.15) is 0 Å². The summed E-state index contributed by atoms with van der Waals surface area (Å²) >= 11 is 0. The summed E-state index contributed by atoms with van der Waals surface area (Å²) in [5.41, 5.74) is 16.8. The smallest absolute Gasteiger partial charge is 0.155 e. The van der Waals surface area contributed by atoms with E-state index in [4.69, 9.17) is 9.98 Å². The van der Waals surface area contributed by atoms with Crippen molar-refractivity contribution in [3.8, 4) is 16.9 Å². The summed E-state index contributed by atoms with van der Waals surface area (Å²) in [6.07, 6.45) is 16.2. The lowest BCUT2D eigenvalue weighted by molar-refractivity contribution is 0.608. The first kappa shape index (κ1) is 29.8. The molecule has 240 valence electrons. The number of aliphatic imine (C=N–C) groups is 2. The Morgan fingerprint density at radius 1 is 0.755 bits per heavy atom. The molecule has 0 N–H and O–H groups in total. The summed E-state index contributed by atoms with van der Waals surface area (Å²) in [7, 11) is 0. The summed E-state index contributed by atoms with van der Waals surface area (Å²) in [6, 6.07) is 33.4. The number of allylic oxidation sites excluding steroid dienone is 8. The van der Waals surface area contributed by atoms with Gasteiger partial charge in [-0.2, -0.15) is 0 Å². The number of benzene rings is 4. The zero-order chi connectivity index (χ0) is 33.3. The van der Waals surface area contributed by atoms with Crippen molar-refractivity contribution in [1.82, 2.24) is 4.57 Å². The van der Waals surface area contributed by atoms with Crippen molar-refractivity contribution < 1.29 is 0 Å². The Labute approximate surface area is 289 Å². The van der Waals surface area contributed by atoms with Gasteiger partial charge in [0.05, 0.1) is 17.8 Å². The van der Waals surface area contributed by atoms with Crippen molar-refractivity contribution in [2.75, 3.05) is 0 Å². The molecule has 0 saturated carbocycles. The van der Waals surface area contributed by atoms with Crippen molar-refractivity contribution in [1.29, 1.82) is 0 Å². The Hall–Kier alpha value is -5.28. The molecule has 0 spiro atoms. The third-order valence-electron chi connectivity index (χ3n) is 11.2. The van der Waals surface area contributed by atoms with Crippen LogP contribution >= 0.6 is 0 Å². The number of nitrogens with zero attached hydrogens (tertiary/aromatic N) is 3. The SMILES string of the molecule is CC1(C)C2=C(C=CCC2)c2cc3c4c(n(-c5cccc(C(=N/Cc6ccccc6)/N=C6/C=CC=CC6)c5)c3cc21)-c1ccccc1C4(C)C. The zero-order valence-corrected chi connectivity index (χ0v) is 28.8. The van der Waals surface area contributed by atoms with Gasteiger partial charge in [-0.1, -0.05) is 130 Å². The second kappa shape index (κ2) is 11.1. The molecule has 3 nitrogen and oxygen atoms in total. The van der Waals surface area contributed by atoms with Gasteiger partial charge < -0.3 is 4.57 Å². The van der Waals surface area contributed by atoms with E-state index in [1.807, 2.05) is 0 Å². The average molecular weight is 636 g/mol. The van der Waals surface area contributed by atoms with Gasteiger partial charge >= 0.3 is 0 Å². The summed E-state index contributed by atoms with van der Waals surface area (Å²) < 4.78 is 2.54. The summed E-state index contributed by atoms with van der Waals surface area (Å²) in [5.74, 6) is 0.764. The number of hydrogen-bond donors (Lipinski definition) is 0. The van der Waals surface area contributed by atoms with Gasteiger partial charge in [-0.25, -0.2) is 4.99 Å². The molecule has 4 aliphatic rings. The molecule has 0 atom stereocenters. The van der Waals surface area contributed by atoms with Gasteiger partial charge in [0.25, 0.3) is 0 Å². The lowest BCUT2D eigenvalue weighted by Gasteiger charge is -2.26. The van der Waals surface area contributed by atoms with E-state index in [-0.39, 0.29) is 10.8 Å². The first-order valence-corrected chi connectivity index (χ1v) is 17.7. The van der Waals surface area contributed by atoms with Gasteiger partial charge in [0.15, 0.2) is 5.84 Å². The van der Waals surface area contributed by atoms with Crippen LogP contribution in [0.1, 0.15) is 80.3 Å². The highest BCUT2D eigenvalue weighted by atomic mass is 15.0. The fourth-order valence-corrected chi connectivity index (χ4v) is 8.77. The van der Waals surface area contributed by atoms with Gasteiger partial charge in [0, 0.05) is 45.2 Å². The first-order valence-electron chi connectivity index (χ1n) is 17.7. The Balaban J connectivity index is 1.28. The van der Waals surface area contributed by atoms with Crippen LogP contribution in [-0.2, 0) is 17.4 Å². The largest absolute Gasteiger partial charge is 0.309 e. The van der Waals surface area contributed by atoms with Crippen molar-refractivity contribution in [2.45, 2.75) is 64.3 Å². The normalized spacial score (nSPS) is 19.0. The van der Waals surface area contributed by atoms with Crippen LogP contribution in [0.2, 0.25) is 0 Å². The highest BCUT2D eigenvalue weighted by molar-refractivity contribution is 6.11. The highest BCUT2D eigenvalue weighted by Crippen LogP contribution is 2.57. The second-order valence-corrected chi connectivity index (χ2v) is 14.9. The van der Waals surface area contributed by atoms with Gasteiger partial charge in [-0.3, -0.25) is 4.99 Å². The maximum atomic E-state index is 5.15. The number of aromatic nitrogens is 1. The number of hydrogen-bond acceptors (Lipinski definition) is 1. The molecular formula is C46H41N3. The molecule has 0 radical (unpaired) electrons. The fraction of sp³-hybridized carbons (Fsp3) is 0.217. The van der Waals surface area contributed by atoms with Crippen LogP contribution in [0, 0.1) is 0 Å². The lowest BCUT2D eigenvalue weighted by Crippen LogP contribution is -2.18. The molecule has 49 heavy (non-hydrogen) atoms. The predicted octanol–water partition coefficient (Wildman–Crippen LogP) is 11.2. The van der Waals surface area contributed by atoms with Crippen LogP contribution in [0.25, 0.3) is 33.4 Å². The highest BCUT2D eigenvalue weighted by Gasteiger charge is 2.43. The van der Waals surface area contributed by atoms with Crippen LogP contribution in [0.3, 0.4) is 0 Å². The van der Waals surface area contributed by atoms with E-state index in [1.54, 1.807) is 5.57 Å². The Morgan fingerprint density at radius 3 is 2.43 bits per heavy atom. The quantitative estimate of drug-likeness (QED) is 0.139. The van der Waals surface area contributed by atoms with Crippen LogP contribution in [-0.4, -0.2) is 16.1 Å². The second-order valence-electron chi connectivity index (χ2n) is 14.9. The molecule has 0 saturated heterocycles. The van der Waals surface area contributed by atoms with Gasteiger partial charge in [-0.15, -0.1) is 0 Å². The molecule has 1 aromatic heterocycles. The average Bonchev–Trinajstić information content (AvgIpc) is 3.68. The monoisotopic (exact) mass is 635 g/mol. The maximum absolute atomic E-state index is 5.15. The minimum absolute atomic E-state index is 0.00619. The molecule has 0 bridgehead atoms. The minimum atomic E-state index is -0.135. The van der Waals surface area contributed by atoms with E-state index in [1.165, 1.54) is 55.6 Å². The molecule has 0 amide bonds. The van der Waals surface area contributed by atoms with E-state index in [0.29, 0.717) is 6.54 Å². The van der Waals surface area contributed by atoms with E-state index >= 15 is 0 Å². The van der Waals surface area contributed by atoms with E-state index < -0.39 is 0 Å². The third kappa shape index (κ3) is 4.63. The van der Waals surface area contributed by atoms with Crippen molar-refractivity contribution in [3.63, 3.8) is 0 Å². The summed E-state index contributed by atoms with van der Waals surface area (Å²) in [5, 5.41) is 1.35. The maximum Gasteiger partial charge on any atom is 0.155 e. The van der Waals surface area contributed by atoms with E-state index in [2.05, 4.69) is 160 Å². The summed E-state index contributed by atoms with van der Waals surface area (Å²) in [4.78, 5) is 10.3. The number of rotatable bonds is 4. The van der Waals surface area contributed by atoms with Crippen LogP contribution in [0.5, 0.6) is 0 Å². The summed E-state index contributed by atoms with van der Waals surface area (Å²) in [6.45, 7) is 10.2. The molecule has 9 rings (SSSR count). The molecule has 0 aliphatic heterocycles. The van der Waals surface area contributed by atoms with Crippen LogP contribution < -0.4 is 0 Å². The molecule has 0 unspecified atom stereocenters. The van der Waals surface area contributed by atoms with Gasteiger partial charge in [0.2, 0.25) is 0 Å². The van der Waals surface area contributed by atoms with Gasteiger partial charge in [-0.05, 0) is 76.6 Å². The Kier molecular flexibility index (Phi) is 6.78. The number of amidine groups is 1. The van der Waals surface area contributed by atoms with E-state index in [9.17, 15) is 0 Å². The minimum Gasteiger partial charge on any atom is -0.309 e. The molecule has 3 heteroatoms. The molecule has 4 aliphatic carbocycles. The zero-order valence-electron chi connectivity index (χ0n) is 28.8. The van der Waals surface area contributed by atoms with Crippen LogP contribution in [0.4, 0.5) is 0 Å². The topological polar surface area (TPSA) is 29.6 Å². The fourth-order valence-electron chi connectivity index (χ4n) is 8.77. The van der Waals surface area contributed by atoms with Crippen molar-refractivity contribution in [2.24, 2.45) is 9.98 Å². The Bertz CT molecular complexity index is 2370. The van der Waals surface area contributed by atoms with E-state index in [0.717, 1.165) is 42.1 Å². The van der Waals surface area contributed by atoms with Crippen molar-refractivity contribution >= 4 is 28.0 Å². The van der Waals surface area contributed by atoms with Crippen molar-refractivity contribution in [3.05, 3.63) is 166 Å². The molecule has 4 aromatic carbocycles. The molecule has 5 aromatic rings. The first-order chi connectivity index (χ1) is 23.8. The molecular weight excluding hydrogens is 595 g/mol. The number of fused-ring (bicyclic) bond motifs is 7. The third-order valence-corrected chi connectivity index (χ3v) is 11.2. The predicted molar refractivity (Wildman–Crippen MR) is 206 cm³/mol.